The maximum absolute atomic E-state index is 11.8. The van der Waals surface area contributed by atoms with Crippen LogP contribution in [0.4, 0.5) is 0 Å². The van der Waals surface area contributed by atoms with Crippen LogP contribution >= 0.6 is 15.9 Å². The average molecular weight is 427 g/mol. The van der Waals surface area contributed by atoms with Gasteiger partial charge in [-0.1, -0.05) is 15.9 Å². The van der Waals surface area contributed by atoms with Gasteiger partial charge in [-0.25, -0.2) is 8.42 Å². The second kappa shape index (κ2) is 6.75. The van der Waals surface area contributed by atoms with Crippen LogP contribution in [0.1, 0.15) is 6.42 Å². The number of halogens is 1. The Labute approximate surface area is 142 Å². The van der Waals surface area contributed by atoms with Crippen molar-refractivity contribution in [1.29, 1.82) is 0 Å². The lowest BCUT2D eigenvalue weighted by atomic mass is 10.2. The van der Waals surface area contributed by atoms with Crippen LogP contribution in [-0.4, -0.2) is 51.7 Å². The topological polar surface area (TPSA) is 105 Å². The highest BCUT2D eigenvalue weighted by atomic mass is 79.9. The fourth-order valence-electron chi connectivity index (χ4n) is 1.83. The highest BCUT2D eigenvalue weighted by Gasteiger charge is 2.18. The monoisotopic (exact) mass is 426 g/mol. The molecule has 0 saturated carbocycles. The van der Waals surface area contributed by atoms with Gasteiger partial charge < -0.3 is 4.74 Å². The van der Waals surface area contributed by atoms with Crippen LogP contribution < -0.4 is 4.74 Å². The number of aromatic nitrogens is 2. The van der Waals surface area contributed by atoms with E-state index in [9.17, 15) is 16.8 Å². The molecule has 11 heteroatoms. The zero-order chi connectivity index (χ0) is 17.3. The van der Waals surface area contributed by atoms with E-state index in [2.05, 4.69) is 25.2 Å². The van der Waals surface area contributed by atoms with E-state index in [0.717, 1.165) is 21.1 Å². The molecule has 8 nitrogen and oxygen atoms in total. The highest BCUT2D eigenvalue weighted by molar-refractivity contribution is 9.10. The van der Waals surface area contributed by atoms with Gasteiger partial charge in [0, 0.05) is 10.9 Å². The lowest BCUT2D eigenvalue weighted by Crippen LogP contribution is -2.12. The highest BCUT2D eigenvalue weighted by Crippen LogP contribution is 2.29. The summed E-state index contributed by atoms with van der Waals surface area (Å²) in [7, 11) is -7.06. The fraction of sp³-hybridized carbons (Fsp3) is 0.417. The molecule has 0 bridgehead atoms. The van der Waals surface area contributed by atoms with Gasteiger partial charge in [0.05, 0.1) is 36.6 Å². The number of nitrogens with zero attached hydrogens (tertiary/aromatic N) is 2. The summed E-state index contributed by atoms with van der Waals surface area (Å²) in [5.74, 6) is 0.158. The van der Waals surface area contributed by atoms with Crippen molar-refractivity contribution in [2.45, 2.75) is 6.42 Å². The lowest BCUT2D eigenvalue weighted by Gasteiger charge is -2.03. The summed E-state index contributed by atoms with van der Waals surface area (Å²) in [6, 6.07) is 5.02. The number of rotatable bonds is 7. The maximum Gasteiger partial charge on any atom is 0.264 e. The predicted octanol–water partition coefficient (Wildman–Crippen LogP) is 1.35. The Balaban J connectivity index is 2.19. The number of ether oxygens (including phenoxy) is 1. The lowest BCUT2D eigenvalue weighted by molar-refractivity contribution is 0.247. The van der Waals surface area contributed by atoms with Crippen LogP contribution in [0.3, 0.4) is 0 Å². The van der Waals surface area contributed by atoms with E-state index in [1.807, 2.05) is 0 Å². The van der Waals surface area contributed by atoms with Crippen LogP contribution in [0.25, 0.3) is 10.9 Å². The first-order chi connectivity index (χ1) is 10.6. The molecule has 1 heterocycles. The summed E-state index contributed by atoms with van der Waals surface area (Å²) in [5.41, 5.74) is 0.401. The Morgan fingerprint density at radius 3 is 2.48 bits per heavy atom. The average Bonchev–Trinajstić information content (AvgIpc) is 2.75. The Kier molecular flexibility index (Phi) is 5.33. The summed E-state index contributed by atoms with van der Waals surface area (Å²) in [6.45, 7) is 0.116. The van der Waals surface area contributed by atoms with E-state index < -0.39 is 20.1 Å². The van der Waals surface area contributed by atoms with Gasteiger partial charge in [-0.05, 0) is 18.2 Å². The minimum atomic E-state index is -3.57. The number of hydrogen-bond acceptors (Lipinski definition) is 7. The molecule has 0 amide bonds. The molecule has 0 saturated heterocycles. The van der Waals surface area contributed by atoms with E-state index in [1.54, 1.807) is 18.2 Å². The second-order valence-corrected chi connectivity index (χ2v) is 9.17. The SMILES string of the molecule is CS(=O)(=O)OCCCOc1nn(S(C)(=O)=O)c2ccc(Br)cc12. The van der Waals surface area contributed by atoms with Gasteiger partial charge >= 0.3 is 0 Å². The van der Waals surface area contributed by atoms with Gasteiger partial charge in [-0.2, -0.15) is 12.5 Å². The fourth-order valence-corrected chi connectivity index (χ4v) is 3.35. The summed E-state index contributed by atoms with van der Waals surface area (Å²) in [4.78, 5) is 0. The molecular formula is C12H15BrN2O6S2. The van der Waals surface area contributed by atoms with Crippen LogP contribution in [0.15, 0.2) is 22.7 Å². The number of hydrogen-bond donors (Lipinski definition) is 0. The largest absolute Gasteiger partial charge is 0.476 e. The van der Waals surface area contributed by atoms with E-state index in [4.69, 9.17) is 4.74 Å². The summed E-state index contributed by atoms with van der Waals surface area (Å²) in [6.07, 6.45) is 2.33. The summed E-state index contributed by atoms with van der Waals surface area (Å²) < 4.78 is 57.0. The van der Waals surface area contributed by atoms with Crippen molar-refractivity contribution in [3.8, 4) is 5.88 Å². The Bertz CT molecular complexity index is 920. The Morgan fingerprint density at radius 1 is 1.17 bits per heavy atom. The number of benzene rings is 1. The van der Waals surface area contributed by atoms with Crippen molar-refractivity contribution in [1.82, 2.24) is 9.19 Å². The van der Waals surface area contributed by atoms with Crippen molar-refractivity contribution in [2.75, 3.05) is 25.7 Å². The molecule has 0 atom stereocenters. The first-order valence-electron chi connectivity index (χ1n) is 6.44. The minimum Gasteiger partial charge on any atom is -0.476 e. The van der Waals surface area contributed by atoms with Crippen molar-refractivity contribution in [3.05, 3.63) is 22.7 Å². The first-order valence-corrected chi connectivity index (χ1v) is 10.9. The third-order valence-corrected chi connectivity index (χ3v) is 4.71. The van der Waals surface area contributed by atoms with Gasteiger partial charge in [-0.15, -0.1) is 5.10 Å². The third-order valence-electron chi connectivity index (χ3n) is 2.72. The standard InChI is InChI=1S/C12H15BrN2O6S2/c1-22(16,17)15-11-5-4-9(13)8-10(11)12(14-15)20-6-3-7-21-23(2,18)19/h4-5,8H,3,6-7H2,1-2H3. The van der Waals surface area contributed by atoms with Gasteiger partial charge in [0.1, 0.15) is 0 Å². The predicted molar refractivity (Wildman–Crippen MR) is 88.6 cm³/mol. The van der Waals surface area contributed by atoms with Gasteiger partial charge in [-0.3, -0.25) is 4.18 Å². The molecule has 0 aliphatic heterocycles. The maximum atomic E-state index is 11.8. The second-order valence-electron chi connectivity index (χ2n) is 4.80. The van der Waals surface area contributed by atoms with Crippen LogP contribution in [-0.2, 0) is 24.3 Å². The zero-order valence-corrected chi connectivity index (χ0v) is 15.6. The molecule has 1 aromatic heterocycles. The van der Waals surface area contributed by atoms with Crippen molar-refractivity contribution in [3.63, 3.8) is 0 Å². The van der Waals surface area contributed by atoms with E-state index in [1.165, 1.54) is 0 Å². The molecule has 23 heavy (non-hydrogen) atoms. The van der Waals surface area contributed by atoms with Gasteiger partial charge in [0.2, 0.25) is 5.88 Å². The third kappa shape index (κ3) is 4.90. The van der Waals surface area contributed by atoms with Crippen molar-refractivity contribution < 1.29 is 25.8 Å². The smallest absolute Gasteiger partial charge is 0.264 e. The van der Waals surface area contributed by atoms with Crippen LogP contribution in [0.5, 0.6) is 5.88 Å². The molecule has 0 spiro atoms. The molecule has 2 aromatic rings. The summed E-state index contributed by atoms with van der Waals surface area (Å²) >= 11 is 3.31. The molecule has 0 aliphatic rings. The molecule has 0 unspecified atom stereocenters. The minimum absolute atomic E-state index is 0.0206. The summed E-state index contributed by atoms with van der Waals surface area (Å²) in [5, 5.41) is 4.51. The Morgan fingerprint density at radius 2 is 1.87 bits per heavy atom. The van der Waals surface area contributed by atoms with Crippen LogP contribution in [0, 0.1) is 0 Å². The molecule has 128 valence electrons. The van der Waals surface area contributed by atoms with Crippen molar-refractivity contribution >= 4 is 47.0 Å². The molecular weight excluding hydrogens is 412 g/mol. The van der Waals surface area contributed by atoms with Crippen molar-refractivity contribution in [2.24, 2.45) is 0 Å². The molecule has 0 aliphatic carbocycles. The molecule has 1 aromatic carbocycles. The zero-order valence-electron chi connectivity index (χ0n) is 12.4. The van der Waals surface area contributed by atoms with Gasteiger partial charge in [0.25, 0.3) is 20.1 Å². The molecule has 0 N–H and O–H groups in total. The van der Waals surface area contributed by atoms with E-state index >= 15 is 0 Å². The van der Waals surface area contributed by atoms with Gasteiger partial charge in [0.15, 0.2) is 0 Å². The van der Waals surface area contributed by atoms with Crippen LogP contribution in [0.2, 0.25) is 0 Å². The first kappa shape index (κ1) is 18.2. The molecule has 2 rings (SSSR count). The molecule has 0 fully saturated rings. The number of fused-ring (bicyclic) bond motifs is 1. The van der Waals surface area contributed by atoms with E-state index in [-0.39, 0.29) is 19.1 Å². The van der Waals surface area contributed by atoms with E-state index in [0.29, 0.717) is 17.3 Å². The molecule has 0 radical (unpaired) electrons. The Hall–Kier alpha value is -1.17. The quantitative estimate of drug-likeness (QED) is 0.485. The normalized spacial score (nSPS) is 12.7.